The van der Waals surface area contributed by atoms with Crippen LogP contribution in [-0.2, 0) is 45.6 Å². The van der Waals surface area contributed by atoms with Gasteiger partial charge in [0.2, 0.25) is 0 Å². The number of aliphatic hydroxyl groups is 2. The fourth-order valence-corrected chi connectivity index (χ4v) is 11.4. The van der Waals surface area contributed by atoms with Crippen molar-refractivity contribution in [3.8, 4) is 11.1 Å². The Bertz CT molecular complexity index is 2820. The number of nitrogens with zero attached hydrogens (tertiary/aromatic N) is 1. The molecule has 3 aliphatic rings. The minimum atomic E-state index is -0.767. The molecule has 0 radical (unpaired) electrons. The van der Waals surface area contributed by atoms with Gasteiger partial charge in [-0.1, -0.05) is 137 Å². The predicted octanol–water partition coefficient (Wildman–Crippen LogP) is 13.3. The summed E-state index contributed by atoms with van der Waals surface area (Å²) in [5.74, 6) is 0. The lowest BCUT2D eigenvalue weighted by molar-refractivity contribution is -0.191. The molecular formula is C66H86BNO8. The molecule has 0 bridgehead atoms. The van der Waals surface area contributed by atoms with Crippen molar-refractivity contribution in [1.29, 1.82) is 0 Å². The summed E-state index contributed by atoms with van der Waals surface area (Å²) in [7, 11) is -0.351. The highest BCUT2D eigenvalue weighted by Crippen LogP contribution is 2.43. The smallest absolute Gasteiger partial charge is 0.399 e. The van der Waals surface area contributed by atoms with Gasteiger partial charge in [-0.25, -0.2) is 0 Å². The molecule has 4 aromatic carbocycles. The molecule has 0 saturated carbocycles. The van der Waals surface area contributed by atoms with Crippen LogP contribution in [0.25, 0.3) is 23.3 Å². The fourth-order valence-electron chi connectivity index (χ4n) is 11.4. The van der Waals surface area contributed by atoms with Crippen LogP contribution in [-0.4, -0.2) is 77.3 Å². The number of pyridine rings is 1. The quantitative estimate of drug-likeness (QED) is 0.0986. The molecular weight excluding hydrogens is 946 g/mol. The third kappa shape index (κ3) is 13.3. The number of benzene rings is 4. The molecule has 9 nitrogen and oxygen atoms in total. The third-order valence-corrected chi connectivity index (χ3v) is 17.5. The lowest BCUT2D eigenvalue weighted by Crippen LogP contribution is -2.41. The molecule has 76 heavy (non-hydrogen) atoms. The highest BCUT2D eigenvalue weighted by atomic mass is 16.7. The number of ether oxygens (including phenoxy) is 2. The second-order valence-electron chi connectivity index (χ2n) is 22.5. The molecule has 3 saturated heterocycles. The minimum absolute atomic E-state index is 0.0429. The van der Waals surface area contributed by atoms with Crippen molar-refractivity contribution in [2.75, 3.05) is 26.4 Å². The SMILES string of the molecule is CCC(CC)(c1ccc(/C=C/C2(O)CCOCC2)c(C)c1)c1ccc(B2OC(C)(C)C(C)(C)O2)c(C)c1.CCc1cncc(-c2ccc(C(CC)(CC)c3ccc(/C=C/C4(O)CCOCC4)c(C)c3)cc2C)c1.O=C=O. The van der Waals surface area contributed by atoms with Gasteiger partial charge in [0.05, 0.1) is 22.4 Å². The van der Waals surface area contributed by atoms with E-state index in [1.54, 1.807) is 0 Å². The zero-order chi connectivity index (χ0) is 55.5. The average molecular weight is 1030 g/mol. The second-order valence-corrected chi connectivity index (χ2v) is 22.5. The summed E-state index contributed by atoms with van der Waals surface area (Å²) in [6.07, 6.45) is 19.9. The van der Waals surface area contributed by atoms with Gasteiger partial charge in [-0.05, 0) is 160 Å². The van der Waals surface area contributed by atoms with E-state index in [0.29, 0.717) is 52.1 Å². The summed E-state index contributed by atoms with van der Waals surface area (Å²) >= 11 is 0. The van der Waals surface area contributed by atoms with Gasteiger partial charge in [0, 0.05) is 80.9 Å². The standard InChI is InChI=1S/C33H41NO2.C32H45BO4.CO2/c1-6-26-21-28(23-34-22-26)31-12-11-30(20-25(31)5)33(7-2,8-3)29-10-9-27(24(4)19-29)13-14-32(35)15-17-36-18-16-32;1-9-32(10-2,26-12-11-25(23(3)21-26)15-16-31(34)17-19-35-20-18-31)27-13-14-28(24(4)22-27)33-36-29(5,6)30(7,8)37-33;2-1-3/h9-14,19-23,35H,6-8,15-18H2,1-5H3;11-16,21-22,34H,9-10,17-20H2,1-8H3;/b14-13+;16-15+;. The van der Waals surface area contributed by atoms with E-state index in [1.165, 1.54) is 61.2 Å². The Balaban J connectivity index is 0.000000235. The molecule has 2 N–H and O–H groups in total. The Labute approximate surface area is 455 Å². The summed E-state index contributed by atoms with van der Waals surface area (Å²) in [4.78, 5) is 20.7. The van der Waals surface area contributed by atoms with E-state index in [1.807, 2.05) is 24.5 Å². The van der Waals surface area contributed by atoms with Crippen LogP contribution in [0.1, 0.15) is 175 Å². The number of carbonyl (C=O) groups excluding carboxylic acids is 2. The first kappa shape index (κ1) is 60.0. The first-order valence-electron chi connectivity index (χ1n) is 27.8. The number of aryl methyl sites for hydroxylation is 5. The average Bonchev–Trinajstić information content (AvgIpc) is 3.62. The van der Waals surface area contributed by atoms with E-state index in [9.17, 15) is 10.2 Å². The van der Waals surface area contributed by atoms with Crippen molar-refractivity contribution in [3.05, 3.63) is 165 Å². The van der Waals surface area contributed by atoms with Crippen molar-refractivity contribution in [1.82, 2.24) is 4.98 Å². The molecule has 1 aromatic heterocycles. The summed E-state index contributed by atoms with van der Waals surface area (Å²) < 4.78 is 23.5. The fraction of sp³-hybridized carbons (Fsp3) is 0.485. The first-order chi connectivity index (χ1) is 36.1. The largest absolute Gasteiger partial charge is 0.495 e. The Kier molecular flexibility index (Phi) is 20.1. The van der Waals surface area contributed by atoms with Gasteiger partial charge in [-0.3, -0.25) is 4.98 Å². The monoisotopic (exact) mass is 1030 g/mol. The Morgan fingerprint density at radius 2 is 0.961 bits per heavy atom. The molecule has 4 heterocycles. The Morgan fingerprint density at radius 1 is 0.566 bits per heavy atom. The first-order valence-corrected chi connectivity index (χ1v) is 27.8. The number of rotatable bonds is 15. The van der Waals surface area contributed by atoms with Gasteiger partial charge in [0.25, 0.3) is 0 Å². The van der Waals surface area contributed by atoms with Crippen LogP contribution in [0.3, 0.4) is 0 Å². The maximum absolute atomic E-state index is 10.8. The number of hydrogen-bond acceptors (Lipinski definition) is 9. The lowest BCUT2D eigenvalue weighted by Gasteiger charge is -2.34. The van der Waals surface area contributed by atoms with E-state index in [4.69, 9.17) is 28.4 Å². The molecule has 8 rings (SSSR count). The topological polar surface area (TPSA) is 124 Å². The normalized spacial score (nSPS) is 17.9. The maximum atomic E-state index is 10.8. The number of aromatic nitrogens is 1. The van der Waals surface area contributed by atoms with Gasteiger partial charge in [-0.2, -0.15) is 9.59 Å². The van der Waals surface area contributed by atoms with Gasteiger partial charge in [0.15, 0.2) is 0 Å². The highest BCUT2D eigenvalue weighted by Gasteiger charge is 2.52. The number of hydrogen-bond donors (Lipinski definition) is 2. The molecule has 0 atom stereocenters. The summed E-state index contributed by atoms with van der Waals surface area (Å²) in [6.45, 7) is 30.9. The van der Waals surface area contributed by atoms with Crippen molar-refractivity contribution in [2.24, 2.45) is 0 Å². The molecule has 3 aliphatic heterocycles. The predicted molar refractivity (Wildman–Crippen MR) is 309 cm³/mol. The molecule has 3 fully saturated rings. The van der Waals surface area contributed by atoms with E-state index >= 15 is 0 Å². The summed E-state index contributed by atoms with van der Waals surface area (Å²) in [5, 5.41) is 21.7. The third-order valence-electron chi connectivity index (χ3n) is 17.5. The summed E-state index contributed by atoms with van der Waals surface area (Å²) in [6, 6.07) is 29.7. The van der Waals surface area contributed by atoms with Crippen LogP contribution in [0.15, 0.2) is 103 Å². The highest BCUT2D eigenvalue weighted by molar-refractivity contribution is 6.62. The molecule has 0 spiro atoms. The molecule has 0 unspecified atom stereocenters. The van der Waals surface area contributed by atoms with Gasteiger partial charge >= 0.3 is 13.3 Å². The van der Waals surface area contributed by atoms with Crippen LogP contribution < -0.4 is 5.46 Å². The molecule has 0 aliphatic carbocycles. The minimum Gasteiger partial charge on any atom is -0.399 e. The van der Waals surface area contributed by atoms with E-state index in [-0.39, 0.29) is 35.3 Å². The zero-order valence-corrected chi connectivity index (χ0v) is 48.0. The maximum Gasteiger partial charge on any atom is 0.495 e. The van der Waals surface area contributed by atoms with Crippen molar-refractivity contribution < 1.29 is 38.6 Å². The van der Waals surface area contributed by atoms with E-state index in [2.05, 4.69) is 186 Å². The molecule has 10 heteroatoms. The lowest BCUT2D eigenvalue weighted by atomic mass is 9.68. The second kappa shape index (κ2) is 25.5. The van der Waals surface area contributed by atoms with Crippen molar-refractivity contribution in [2.45, 2.75) is 181 Å². The van der Waals surface area contributed by atoms with Crippen LogP contribution in [0, 0.1) is 27.7 Å². The molecule has 5 aromatic rings. The van der Waals surface area contributed by atoms with Gasteiger partial charge < -0.3 is 29.0 Å². The molecule has 406 valence electrons. The van der Waals surface area contributed by atoms with Crippen LogP contribution in [0.4, 0.5) is 0 Å². The Morgan fingerprint density at radius 3 is 1.34 bits per heavy atom. The van der Waals surface area contributed by atoms with Crippen LogP contribution >= 0.6 is 0 Å². The molecule has 0 amide bonds. The van der Waals surface area contributed by atoms with Crippen molar-refractivity contribution >= 4 is 30.9 Å². The zero-order valence-electron chi connectivity index (χ0n) is 48.0. The Hall–Kier alpha value is -5.29. The van der Waals surface area contributed by atoms with E-state index < -0.39 is 11.2 Å². The van der Waals surface area contributed by atoms with E-state index in [0.717, 1.165) is 48.7 Å². The van der Waals surface area contributed by atoms with Gasteiger partial charge in [-0.15, -0.1) is 0 Å². The van der Waals surface area contributed by atoms with Crippen LogP contribution in [0.2, 0.25) is 0 Å². The van der Waals surface area contributed by atoms with Crippen LogP contribution in [0.5, 0.6) is 0 Å². The van der Waals surface area contributed by atoms with Gasteiger partial charge in [0.1, 0.15) is 0 Å². The van der Waals surface area contributed by atoms with Crippen molar-refractivity contribution in [3.63, 3.8) is 0 Å². The summed E-state index contributed by atoms with van der Waals surface area (Å²) in [5.41, 5.74) is 15.1.